The lowest BCUT2D eigenvalue weighted by Crippen LogP contribution is -2.38. The van der Waals surface area contributed by atoms with Crippen LogP contribution in [0.4, 0.5) is 11.4 Å². The molecule has 0 aromatic heterocycles. The second-order valence-electron chi connectivity index (χ2n) is 6.38. The van der Waals surface area contributed by atoms with Crippen molar-refractivity contribution in [3.05, 3.63) is 24.3 Å². The van der Waals surface area contributed by atoms with Crippen molar-refractivity contribution in [1.29, 1.82) is 0 Å². The van der Waals surface area contributed by atoms with Gasteiger partial charge in [0.1, 0.15) is 12.2 Å². The number of Topliss-reactive ketones (excluding diaryl/α,β-unsaturated/α-hetero) is 1. The van der Waals surface area contributed by atoms with Gasteiger partial charge in [-0.05, 0) is 45.0 Å². The summed E-state index contributed by atoms with van der Waals surface area (Å²) in [6, 6.07) is 7.61. The fraction of sp³-hybridized carbons (Fsp3) is 0.526. The van der Waals surface area contributed by atoms with Crippen LogP contribution in [0.3, 0.4) is 0 Å². The Balaban J connectivity index is 2.09. The van der Waals surface area contributed by atoms with E-state index in [1.807, 2.05) is 38.1 Å². The molecule has 25 heavy (non-hydrogen) atoms. The number of ketones is 1. The number of carbonyl (C=O) groups excluding carboxylic acids is 3. The molecule has 1 heterocycles. The van der Waals surface area contributed by atoms with E-state index in [0.717, 1.165) is 24.5 Å². The summed E-state index contributed by atoms with van der Waals surface area (Å²) in [4.78, 5) is 39.2. The van der Waals surface area contributed by atoms with Crippen LogP contribution in [0, 0.1) is 0 Å². The number of amides is 1. The van der Waals surface area contributed by atoms with Crippen molar-refractivity contribution in [2.75, 3.05) is 29.5 Å². The maximum Gasteiger partial charge on any atom is 0.315 e. The summed E-state index contributed by atoms with van der Waals surface area (Å²) >= 11 is 0. The molecule has 1 aromatic rings. The average Bonchev–Trinajstić information content (AvgIpc) is 2.56. The Labute approximate surface area is 148 Å². The molecule has 1 aromatic carbocycles. The van der Waals surface area contributed by atoms with E-state index in [2.05, 4.69) is 4.90 Å². The molecule has 0 N–H and O–H groups in total. The van der Waals surface area contributed by atoms with Gasteiger partial charge in [-0.25, -0.2) is 0 Å². The van der Waals surface area contributed by atoms with Gasteiger partial charge in [-0.2, -0.15) is 0 Å². The predicted octanol–water partition coefficient (Wildman–Crippen LogP) is 2.55. The van der Waals surface area contributed by atoms with E-state index >= 15 is 0 Å². The molecule has 1 saturated heterocycles. The van der Waals surface area contributed by atoms with Crippen LogP contribution in [-0.4, -0.2) is 43.4 Å². The Morgan fingerprint density at radius 1 is 1.16 bits per heavy atom. The molecule has 6 nitrogen and oxygen atoms in total. The zero-order valence-electron chi connectivity index (χ0n) is 15.2. The number of hydrogen-bond donors (Lipinski definition) is 0. The molecule has 1 fully saturated rings. The fourth-order valence-electron chi connectivity index (χ4n) is 2.99. The van der Waals surface area contributed by atoms with Crippen LogP contribution in [0.1, 0.15) is 40.0 Å². The minimum absolute atomic E-state index is 0.0691. The van der Waals surface area contributed by atoms with Crippen LogP contribution in [-0.2, 0) is 19.1 Å². The zero-order valence-corrected chi connectivity index (χ0v) is 15.2. The maximum absolute atomic E-state index is 12.5. The summed E-state index contributed by atoms with van der Waals surface area (Å²) in [7, 11) is 0. The molecule has 0 saturated carbocycles. The molecule has 0 aliphatic carbocycles. The predicted molar refractivity (Wildman–Crippen MR) is 96.8 cm³/mol. The quantitative estimate of drug-likeness (QED) is 0.585. The fourth-order valence-corrected chi connectivity index (χ4v) is 2.99. The van der Waals surface area contributed by atoms with Gasteiger partial charge in [0.15, 0.2) is 0 Å². The molecule has 0 atom stereocenters. The molecule has 0 radical (unpaired) electrons. The Morgan fingerprint density at radius 3 is 2.28 bits per heavy atom. The smallest absolute Gasteiger partial charge is 0.315 e. The van der Waals surface area contributed by atoms with Crippen LogP contribution >= 0.6 is 0 Å². The minimum atomic E-state index is -0.507. The van der Waals surface area contributed by atoms with Gasteiger partial charge in [-0.3, -0.25) is 14.4 Å². The van der Waals surface area contributed by atoms with Crippen molar-refractivity contribution in [3.8, 4) is 0 Å². The Morgan fingerprint density at radius 2 is 1.76 bits per heavy atom. The van der Waals surface area contributed by atoms with Gasteiger partial charge in [0.05, 0.1) is 6.61 Å². The van der Waals surface area contributed by atoms with E-state index in [9.17, 15) is 14.4 Å². The van der Waals surface area contributed by atoms with E-state index < -0.39 is 5.97 Å². The lowest BCUT2D eigenvalue weighted by atomic mass is 10.1. The van der Waals surface area contributed by atoms with E-state index in [0.29, 0.717) is 18.6 Å². The Kier molecular flexibility index (Phi) is 6.56. The van der Waals surface area contributed by atoms with E-state index in [1.165, 1.54) is 0 Å². The van der Waals surface area contributed by atoms with Gasteiger partial charge in [0.2, 0.25) is 5.91 Å². The first-order chi connectivity index (χ1) is 11.9. The van der Waals surface area contributed by atoms with Crippen molar-refractivity contribution >= 4 is 29.0 Å². The highest BCUT2D eigenvalue weighted by molar-refractivity contribution is 6.03. The van der Waals surface area contributed by atoms with Crippen molar-refractivity contribution in [2.24, 2.45) is 0 Å². The first-order valence-electron chi connectivity index (χ1n) is 8.76. The number of ether oxygens (including phenoxy) is 1. The number of hydrogen-bond acceptors (Lipinski definition) is 5. The van der Waals surface area contributed by atoms with Crippen molar-refractivity contribution in [1.82, 2.24) is 0 Å². The molecular formula is C19H26N2O4. The monoisotopic (exact) mass is 346 g/mol. The molecule has 0 bridgehead atoms. The summed E-state index contributed by atoms with van der Waals surface area (Å²) in [6.07, 6.45) is 0.901. The van der Waals surface area contributed by atoms with Gasteiger partial charge in [0.25, 0.3) is 0 Å². The van der Waals surface area contributed by atoms with Gasteiger partial charge in [0, 0.05) is 43.3 Å². The van der Waals surface area contributed by atoms with Crippen LogP contribution in [0.25, 0.3) is 0 Å². The number of esters is 1. The highest BCUT2D eigenvalue weighted by Crippen LogP contribution is 2.24. The molecule has 1 aliphatic rings. The van der Waals surface area contributed by atoms with Crippen LogP contribution in [0.5, 0.6) is 0 Å². The van der Waals surface area contributed by atoms with Crippen molar-refractivity contribution in [3.63, 3.8) is 0 Å². The first-order valence-corrected chi connectivity index (χ1v) is 8.76. The topological polar surface area (TPSA) is 66.9 Å². The summed E-state index contributed by atoms with van der Waals surface area (Å²) < 4.78 is 4.86. The second-order valence-corrected chi connectivity index (χ2v) is 6.38. The second kappa shape index (κ2) is 8.65. The SMILES string of the molecule is CCOC(=O)CC(=O)N(c1ccc(N2CCC(=O)CC2)cc1)C(C)C. The summed E-state index contributed by atoms with van der Waals surface area (Å²) in [5.41, 5.74) is 1.79. The normalized spacial score (nSPS) is 14.6. The largest absolute Gasteiger partial charge is 0.466 e. The highest BCUT2D eigenvalue weighted by atomic mass is 16.5. The molecule has 0 spiro atoms. The third-order valence-corrected chi connectivity index (χ3v) is 4.20. The van der Waals surface area contributed by atoms with E-state index in [4.69, 9.17) is 4.74 Å². The third-order valence-electron chi connectivity index (χ3n) is 4.20. The molecule has 0 unspecified atom stereocenters. The third kappa shape index (κ3) is 5.05. The number of nitrogens with zero attached hydrogens (tertiary/aromatic N) is 2. The summed E-state index contributed by atoms with van der Waals surface area (Å²) in [5.74, 6) is -0.471. The highest BCUT2D eigenvalue weighted by Gasteiger charge is 2.23. The maximum atomic E-state index is 12.5. The van der Waals surface area contributed by atoms with Gasteiger partial charge in [-0.1, -0.05) is 0 Å². The number of benzene rings is 1. The summed E-state index contributed by atoms with van der Waals surface area (Å²) in [5, 5.41) is 0. The molecule has 1 amide bonds. The standard InChI is InChI=1S/C19H26N2O4/c1-4-25-19(24)13-18(23)21(14(2)3)16-7-5-15(6-8-16)20-11-9-17(22)10-12-20/h5-8,14H,4,9-13H2,1-3H3. The zero-order chi connectivity index (χ0) is 18.4. The molecule has 1 aliphatic heterocycles. The van der Waals surface area contributed by atoms with Crippen LogP contribution < -0.4 is 9.80 Å². The van der Waals surface area contributed by atoms with Gasteiger partial charge >= 0.3 is 5.97 Å². The minimum Gasteiger partial charge on any atom is -0.466 e. The molecule has 6 heteroatoms. The van der Waals surface area contributed by atoms with E-state index in [1.54, 1.807) is 11.8 Å². The molecule has 136 valence electrons. The Bertz CT molecular complexity index is 615. The average molecular weight is 346 g/mol. The Hall–Kier alpha value is -2.37. The lowest BCUT2D eigenvalue weighted by Gasteiger charge is -2.30. The number of carbonyl (C=O) groups is 3. The van der Waals surface area contributed by atoms with Gasteiger partial charge < -0.3 is 14.5 Å². The molecule has 2 rings (SSSR count). The van der Waals surface area contributed by atoms with E-state index in [-0.39, 0.29) is 25.0 Å². The molecular weight excluding hydrogens is 320 g/mol. The van der Waals surface area contributed by atoms with Crippen molar-refractivity contribution in [2.45, 2.75) is 46.1 Å². The van der Waals surface area contributed by atoms with Crippen LogP contribution in [0.15, 0.2) is 24.3 Å². The summed E-state index contributed by atoms with van der Waals surface area (Å²) in [6.45, 7) is 7.26. The first kappa shape index (κ1) is 19.0. The van der Waals surface area contributed by atoms with Crippen LogP contribution in [0.2, 0.25) is 0 Å². The lowest BCUT2D eigenvalue weighted by molar-refractivity contribution is -0.145. The number of rotatable bonds is 6. The van der Waals surface area contributed by atoms with Gasteiger partial charge in [-0.15, -0.1) is 0 Å². The number of anilines is 2. The number of piperidine rings is 1. The van der Waals surface area contributed by atoms with Crippen molar-refractivity contribution < 1.29 is 19.1 Å².